The van der Waals surface area contributed by atoms with Crippen molar-refractivity contribution in [2.45, 2.75) is 77.4 Å². The normalized spacial score (nSPS) is 21.2. The van der Waals surface area contributed by atoms with Gasteiger partial charge in [0.15, 0.2) is 0 Å². The predicted octanol–water partition coefficient (Wildman–Crippen LogP) is 1.94. The molecule has 0 bridgehead atoms. The van der Waals surface area contributed by atoms with Crippen LogP contribution in [-0.2, 0) is 19.5 Å². The van der Waals surface area contributed by atoms with Gasteiger partial charge >= 0.3 is 5.69 Å². The Morgan fingerprint density at radius 3 is 2.76 bits per heavy atom. The van der Waals surface area contributed by atoms with E-state index < -0.39 is 0 Å². The third-order valence-electron chi connectivity index (χ3n) is 5.09. The Hall–Kier alpha value is -1.10. The molecule has 0 spiro atoms. The van der Waals surface area contributed by atoms with Crippen molar-refractivity contribution < 1.29 is 0 Å². The van der Waals surface area contributed by atoms with E-state index in [2.05, 4.69) is 17.3 Å². The van der Waals surface area contributed by atoms with Crippen molar-refractivity contribution in [2.24, 2.45) is 5.92 Å². The zero-order valence-electron chi connectivity index (χ0n) is 13.2. The average molecular weight is 292 g/mol. The van der Waals surface area contributed by atoms with Crippen LogP contribution in [0.3, 0.4) is 0 Å². The minimum absolute atomic E-state index is 0.100. The fraction of sp³-hybridized carbons (Fsp3) is 0.875. The fourth-order valence-corrected chi connectivity index (χ4v) is 3.93. The molecule has 1 aromatic rings. The first-order valence-corrected chi connectivity index (χ1v) is 8.69. The maximum atomic E-state index is 12.5. The van der Waals surface area contributed by atoms with E-state index in [1.165, 1.54) is 32.1 Å². The number of fused-ring (bicyclic) bond motifs is 1. The first kappa shape index (κ1) is 14.8. The Morgan fingerprint density at radius 2 is 2.05 bits per heavy atom. The maximum absolute atomic E-state index is 12.5. The van der Waals surface area contributed by atoms with E-state index in [9.17, 15) is 4.79 Å². The van der Waals surface area contributed by atoms with Crippen molar-refractivity contribution in [3.63, 3.8) is 0 Å². The van der Waals surface area contributed by atoms with Gasteiger partial charge in [-0.05, 0) is 38.1 Å². The van der Waals surface area contributed by atoms with E-state index in [1.54, 1.807) is 4.68 Å². The van der Waals surface area contributed by atoms with Crippen molar-refractivity contribution in [1.29, 1.82) is 0 Å². The summed E-state index contributed by atoms with van der Waals surface area (Å²) in [6.45, 7) is 4.70. The van der Waals surface area contributed by atoms with Crippen LogP contribution in [0.25, 0.3) is 0 Å². The van der Waals surface area contributed by atoms with Gasteiger partial charge in [0, 0.05) is 19.0 Å². The number of nitrogens with zero attached hydrogens (tertiary/aromatic N) is 3. The molecule has 1 aliphatic carbocycles. The molecule has 0 saturated heterocycles. The molecule has 21 heavy (non-hydrogen) atoms. The summed E-state index contributed by atoms with van der Waals surface area (Å²) in [5.74, 6) is 1.69. The van der Waals surface area contributed by atoms with Gasteiger partial charge in [-0.2, -0.15) is 5.10 Å². The van der Waals surface area contributed by atoms with Gasteiger partial charge in [-0.15, -0.1) is 0 Å². The van der Waals surface area contributed by atoms with E-state index in [-0.39, 0.29) is 5.69 Å². The van der Waals surface area contributed by atoms with Crippen LogP contribution in [0.2, 0.25) is 0 Å². The van der Waals surface area contributed by atoms with Crippen LogP contribution in [0.4, 0.5) is 0 Å². The number of rotatable bonds is 5. The van der Waals surface area contributed by atoms with Gasteiger partial charge in [0.05, 0.1) is 6.54 Å². The zero-order chi connectivity index (χ0) is 14.7. The second-order valence-electron chi connectivity index (χ2n) is 6.55. The highest BCUT2D eigenvalue weighted by Gasteiger charge is 2.25. The summed E-state index contributed by atoms with van der Waals surface area (Å²) in [5, 5.41) is 8.19. The summed E-state index contributed by atoms with van der Waals surface area (Å²) < 4.78 is 3.61. The van der Waals surface area contributed by atoms with Crippen molar-refractivity contribution >= 4 is 0 Å². The van der Waals surface area contributed by atoms with E-state index in [4.69, 9.17) is 0 Å². The first-order chi connectivity index (χ1) is 10.3. The summed E-state index contributed by atoms with van der Waals surface area (Å²) in [6, 6.07) is 0.393. The van der Waals surface area contributed by atoms with Gasteiger partial charge in [-0.3, -0.25) is 4.57 Å². The molecule has 1 aliphatic heterocycles. The third kappa shape index (κ3) is 3.23. The van der Waals surface area contributed by atoms with Crippen LogP contribution < -0.4 is 11.0 Å². The third-order valence-corrected chi connectivity index (χ3v) is 5.09. The number of hydrogen-bond acceptors (Lipinski definition) is 3. The number of nitrogens with one attached hydrogen (secondary N) is 1. The van der Waals surface area contributed by atoms with Crippen LogP contribution in [0, 0.1) is 5.92 Å². The van der Waals surface area contributed by atoms with Crippen molar-refractivity contribution in [2.75, 3.05) is 6.54 Å². The summed E-state index contributed by atoms with van der Waals surface area (Å²) in [5.41, 5.74) is 0.100. The molecule has 2 heterocycles. The molecule has 3 rings (SSSR count). The Kier molecular flexibility index (Phi) is 4.78. The molecule has 1 unspecified atom stereocenters. The number of aryl methyl sites for hydroxylation is 1. The topological polar surface area (TPSA) is 51.9 Å². The lowest BCUT2D eigenvalue weighted by atomic mass is 9.84. The second kappa shape index (κ2) is 6.77. The van der Waals surface area contributed by atoms with Crippen molar-refractivity contribution in [1.82, 2.24) is 19.7 Å². The highest BCUT2D eigenvalue weighted by Crippen LogP contribution is 2.27. The van der Waals surface area contributed by atoms with Gasteiger partial charge in [0.25, 0.3) is 0 Å². The van der Waals surface area contributed by atoms with E-state index in [0.717, 1.165) is 44.7 Å². The first-order valence-electron chi connectivity index (χ1n) is 8.69. The van der Waals surface area contributed by atoms with Gasteiger partial charge in [0.1, 0.15) is 5.82 Å². The zero-order valence-corrected chi connectivity index (χ0v) is 13.2. The van der Waals surface area contributed by atoms with Crippen LogP contribution in [-0.4, -0.2) is 26.9 Å². The quantitative estimate of drug-likeness (QED) is 0.902. The minimum atomic E-state index is 0.100. The Morgan fingerprint density at radius 1 is 1.24 bits per heavy atom. The van der Waals surface area contributed by atoms with Gasteiger partial charge in [-0.1, -0.05) is 26.2 Å². The van der Waals surface area contributed by atoms with Gasteiger partial charge in [0.2, 0.25) is 0 Å². The van der Waals surface area contributed by atoms with Crippen LogP contribution in [0.5, 0.6) is 0 Å². The molecule has 5 nitrogen and oxygen atoms in total. The predicted molar refractivity (Wildman–Crippen MR) is 83.5 cm³/mol. The van der Waals surface area contributed by atoms with Gasteiger partial charge in [-0.25, -0.2) is 9.48 Å². The highest BCUT2D eigenvalue weighted by molar-refractivity contribution is 4.92. The molecule has 1 N–H and O–H groups in total. The number of likely N-dealkylation sites (N-methyl/N-ethyl adjacent to an activating group) is 1. The maximum Gasteiger partial charge on any atom is 0.345 e. The Balaban J connectivity index is 1.76. The molecule has 2 aliphatic rings. The summed E-state index contributed by atoms with van der Waals surface area (Å²) in [7, 11) is 0. The molecular formula is C16H28N4O. The standard InChI is InChI=1S/C16H28N4O/c1-2-17-14(13-8-4-3-5-9-13)12-20-16(21)19-11-7-6-10-15(19)18-20/h13-14,17H,2-12H2,1H3. The summed E-state index contributed by atoms with van der Waals surface area (Å²) in [4.78, 5) is 12.5. The van der Waals surface area contributed by atoms with Crippen LogP contribution >= 0.6 is 0 Å². The molecule has 118 valence electrons. The Bertz CT molecular complexity index is 513. The van der Waals surface area contributed by atoms with E-state index in [1.807, 2.05) is 4.57 Å². The average Bonchev–Trinajstić information content (AvgIpc) is 2.84. The fourth-order valence-electron chi connectivity index (χ4n) is 3.93. The SMILES string of the molecule is CCNC(Cn1nc2n(c1=O)CCCC2)C1CCCCC1. The van der Waals surface area contributed by atoms with E-state index in [0.29, 0.717) is 12.0 Å². The van der Waals surface area contributed by atoms with Crippen LogP contribution in [0.1, 0.15) is 57.7 Å². The van der Waals surface area contributed by atoms with Crippen molar-refractivity contribution in [3.8, 4) is 0 Å². The second-order valence-corrected chi connectivity index (χ2v) is 6.55. The van der Waals surface area contributed by atoms with Crippen LogP contribution in [0.15, 0.2) is 4.79 Å². The molecule has 0 aromatic carbocycles. The molecule has 1 aromatic heterocycles. The van der Waals surface area contributed by atoms with Crippen molar-refractivity contribution in [3.05, 3.63) is 16.3 Å². The number of aromatic nitrogens is 3. The highest BCUT2D eigenvalue weighted by atomic mass is 16.2. The number of hydrogen-bond donors (Lipinski definition) is 1. The molecular weight excluding hydrogens is 264 g/mol. The summed E-state index contributed by atoms with van der Waals surface area (Å²) >= 11 is 0. The lowest BCUT2D eigenvalue weighted by Gasteiger charge is -2.30. The lowest BCUT2D eigenvalue weighted by Crippen LogP contribution is -2.43. The molecule has 0 amide bonds. The van der Waals surface area contributed by atoms with Gasteiger partial charge < -0.3 is 5.32 Å². The largest absolute Gasteiger partial charge is 0.345 e. The molecule has 1 saturated carbocycles. The molecule has 0 radical (unpaired) electrons. The molecule has 1 atom stereocenters. The Labute approximate surface area is 126 Å². The smallest absolute Gasteiger partial charge is 0.312 e. The lowest BCUT2D eigenvalue weighted by molar-refractivity contribution is 0.243. The van der Waals surface area contributed by atoms with E-state index >= 15 is 0 Å². The summed E-state index contributed by atoms with van der Waals surface area (Å²) in [6.07, 6.45) is 9.85. The molecule has 1 fully saturated rings. The monoisotopic (exact) mass is 292 g/mol. The molecule has 5 heteroatoms. The minimum Gasteiger partial charge on any atom is -0.312 e.